The van der Waals surface area contributed by atoms with E-state index in [4.69, 9.17) is 5.02 Å². The molecule has 52 valence electrons. The Morgan fingerprint density at radius 2 is 2.33 bits per heavy atom. The third-order valence-corrected chi connectivity index (χ3v) is 0.998. The lowest BCUT2D eigenvalue weighted by molar-refractivity contribution is 0.340. The van der Waals surface area contributed by atoms with Crippen molar-refractivity contribution in [1.82, 2.24) is 0 Å². The highest BCUT2D eigenvalue weighted by atomic mass is 16.5. The zero-order valence-electron chi connectivity index (χ0n) is 6.00. The van der Waals surface area contributed by atoms with Crippen LogP contribution in [0.5, 0.6) is 0 Å². The van der Waals surface area contributed by atoms with Crippen LogP contribution < -0.4 is 0 Å². The highest BCUT2D eigenvalue weighted by molar-refractivity contribution is 6.49. The molecule has 3 heteroatoms. The fraction of sp³-hybridized carbons (Fsp3) is 0.667. The molecule has 0 atom stereocenters. The highest BCUT2D eigenvalue weighted by Gasteiger charge is 2.01. The van der Waals surface area contributed by atoms with Crippen molar-refractivity contribution in [1.29, 1.82) is 0 Å². The van der Waals surface area contributed by atoms with Crippen molar-refractivity contribution in [2.75, 3.05) is 7.11 Å². The van der Waals surface area contributed by atoms with Gasteiger partial charge in [0.15, 0.2) is 0 Å². The lowest BCUT2D eigenvalue weighted by Crippen LogP contribution is -2.10. The van der Waals surface area contributed by atoms with Crippen LogP contribution in [0.15, 0.2) is 12.1 Å². The first kappa shape index (κ1) is 8.72. The third-order valence-electron chi connectivity index (χ3n) is 0.998. The molecule has 0 heterocycles. The van der Waals surface area contributed by atoms with E-state index in [2.05, 4.69) is 11.6 Å². The van der Waals surface area contributed by atoms with E-state index < -0.39 is 7.12 Å². The number of hydrogen-bond donors (Lipinski definition) is 1. The van der Waals surface area contributed by atoms with E-state index in [9.17, 15) is 0 Å². The topological polar surface area (TPSA) is 29.5 Å². The van der Waals surface area contributed by atoms with Gasteiger partial charge in [-0.15, -0.1) is 0 Å². The first-order chi connectivity index (χ1) is 4.31. The highest BCUT2D eigenvalue weighted by Crippen LogP contribution is 1.89. The van der Waals surface area contributed by atoms with Crippen LogP contribution in [0.25, 0.3) is 0 Å². The fourth-order valence-electron chi connectivity index (χ4n) is 0.458. The first-order valence-corrected chi connectivity index (χ1v) is 3.18. The van der Waals surface area contributed by atoms with Gasteiger partial charge in [-0.2, -0.15) is 0 Å². The summed E-state index contributed by atoms with van der Waals surface area (Å²) in [5.41, 5.74) is 0. The van der Waals surface area contributed by atoms with Gasteiger partial charge in [-0.3, -0.25) is 0 Å². The molecule has 9 heavy (non-hydrogen) atoms. The van der Waals surface area contributed by atoms with Crippen LogP contribution in [0, 0.1) is 0 Å². The van der Waals surface area contributed by atoms with Crippen molar-refractivity contribution in [3.05, 3.63) is 12.1 Å². The van der Waals surface area contributed by atoms with E-state index in [1.807, 2.05) is 6.08 Å². The van der Waals surface area contributed by atoms with Gasteiger partial charge < -0.3 is 9.68 Å². The molecule has 2 nitrogen and oxygen atoms in total. The molecule has 0 aromatic rings. The Hall–Kier alpha value is -0.275. The van der Waals surface area contributed by atoms with Crippen molar-refractivity contribution in [3.63, 3.8) is 0 Å². The fourth-order valence-corrected chi connectivity index (χ4v) is 0.458. The van der Waals surface area contributed by atoms with Gasteiger partial charge in [-0.25, -0.2) is 0 Å². The van der Waals surface area contributed by atoms with E-state index in [0.29, 0.717) is 0 Å². The zero-order valence-corrected chi connectivity index (χ0v) is 6.00. The summed E-state index contributed by atoms with van der Waals surface area (Å²) in [4.78, 5) is 0. The van der Waals surface area contributed by atoms with E-state index in [1.165, 1.54) is 7.11 Å². The molecule has 0 aliphatic carbocycles. The van der Waals surface area contributed by atoms with Crippen molar-refractivity contribution in [3.8, 4) is 0 Å². The Labute approximate surface area is 56.7 Å². The molecule has 0 spiro atoms. The largest absolute Gasteiger partial charge is 0.482 e. The molecular formula is C6H13BO2. The quantitative estimate of drug-likeness (QED) is 0.572. The van der Waals surface area contributed by atoms with Gasteiger partial charge in [-0.05, 0) is 6.42 Å². The Morgan fingerprint density at radius 1 is 1.67 bits per heavy atom. The normalized spacial score (nSPS) is 10.6. The summed E-state index contributed by atoms with van der Waals surface area (Å²) in [6.45, 7) is 2.09. The third kappa shape index (κ3) is 5.60. The van der Waals surface area contributed by atoms with Gasteiger partial charge in [0.2, 0.25) is 0 Å². The van der Waals surface area contributed by atoms with Gasteiger partial charge >= 0.3 is 7.12 Å². The second-order valence-electron chi connectivity index (χ2n) is 1.84. The van der Waals surface area contributed by atoms with E-state index in [1.54, 1.807) is 5.98 Å². The molecule has 0 radical (unpaired) electrons. The molecule has 0 aliphatic rings. The van der Waals surface area contributed by atoms with Gasteiger partial charge in [0, 0.05) is 7.11 Å². The maximum absolute atomic E-state index is 8.78. The monoisotopic (exact) mass is 128 g/mol. The van der Waals surface area contributed by atoms with Crippen molar-refractivity contribution in [2.24, 2.45) is 0 Å². The van der Waals surface area contributed by atoms with Crippen LogP contribution >= 0.6 is 0 Å². The maximum Gasteiger partial charge on any atom is 0.482 e. The van der Waals surface area contributed by atoms with Gasteiger partial charge in [-0.1, -0.05) is 25.4 Å². The Bertz CT molecular complexity index is 83.1. The second kappa shape index (κ2) is 5.85. The molecule has 0 bridgehead atoms. The zero-order chi connectivity index (χ0) is 7.11. The van der Waals surface area contributed by atoms with Crippen molar-refractivity contribution < 1.29 is 9.68 Å². The summed E-state index contributed by atoms with van der Waals surface area (Å²) in [5.74, 6) is 1.64. The predicted molar refractivity (Wildman–Crippen MR) is 39.0 cm³/mol. The molecule has 0 aliphatic heterocycles. The lowest BCUT2D eigenvalue weighted by atomic mass is 9.90. The van der Waals surface area contributed by atoms with Crippen LogP contribution in [0.2, 0.25) is 0 Å². The molecule has 0 saturated heterocycles. The van der Waals surface area contributed by atoms with Gasteiger partial charge in [0.05, 0.1) is 0 Å². The number of rotatable bonds is 4. The second-order valence-corrected chi connectivity index (χ2v) is 1.84. The van der Waals surface area contributed by atoms with Crippen LogP contribution in [-0.4, -0.2) is 19.3 Å². The van der Waals surface area contributed by atoms with Crippen LogP contribution in [0.1, 0.15) is 19.8 Å². The van der Waals surface area contributed by atoms with Crippen molar-refractivity contribution >= 4 is 7.12 Å². The van der Waals surface area contributed by atoms with Crippen LogP contribution in [-0.2, 0) is 4.65 Å². The Kier molecular flexibility index (Phi) is 5.68. The molecule has 1 N–H and O–H groups in total. The summed E-state index contributed by atoms with van der Waals surface area (Å²) in [6.07, 6.45) is 4.02. The maximum atomic E-state index is 8.78. The molecule has 0 aromatic heterocycles. The Balaban J connectivity index is 3.20. The first-order valence-electron chi connectivity index (χ1n) is 3.18. The van der Waals surface area contributed by atoms with Crippen LogP contribution in [0.3, 0.4) is 0 Å². The van der Waals surface area contributed by atoms with Crippen molar-refractivity contribution in [2.45, 2.75) is 19.8 Å². The standard InChI is InChI=1S/C6H13BO2/c1-3-4-5-6-7(8)9-2/h5-6,8H,3-4H2,1-2H3. The molecule has 0 saturated carbocycles. The number of hydrogen-bond acceptors (Lipinski definition) is 2. The Morgan fingerprint density at radius 3 is 2.78 bits per heavy atom. The molecule has 0 fully saturated rings. The summed E-state index contributed by atoms with van der Waals surface area (Å²) < 4.78 is 4.57. The molecule has 0 unspecified atom stereocenters. The molecule has 0 rings (SSSR count). The minimum Gasteiger partial charge on any atom is -0.423 e. The molecule has 0 aromatic carbocycles. The van der Waals surface area contributed by atoms with Gasteiger partial charge in [0.25, 0.3) is 0 Å². The smallest absolute Gasteiger partial charge is 0.423 e. The average Bonchev–Trinajstić information content (AvgIpc) is 1.89. The van der Waals surface area contributed by atoms with E-state index >= 15 is 0 Å². The lowest BCUT2D eigenvalue weighted by Gasteiger charge is -1.92. The number of allylic oxidation sites excluding steroid dienone is 1. The summed E-state index contributed by atoms with van der Waals surface area (Å²) >= 11 is 0. The van der Waals surface area contributed by atoms with Gasteiger partial charge in [0.1, 0.15) is 0 Å². The SMILES string of the molecule is CCCC=CB(O)OC. The predicted octanol–water partition coefficient (Wildman–Crippen LogP) is 1.01. The summed E-state index contributed by atoms with van der Waals surface area (Å²) in [6, 6.07) is 0. The van der Waals surface area contributed by atoms with E-state index in [-0.39, 0.29) is 0 Å². The minimum atomic E-state index is -0.725. The number of unbranched alkanes of at least 4 members (excludes halogenated alkanes) is 1. The molecular weight excluding hydrogens is 115 g/mol. The summed E-state index contributed by atoms with van der Waals surface area (Å²) in [7, 11) is 0.748. The van der Waals surface area contributed by atoms with E-state index in [0.717, 1.165) is 12.8 Å². The molecule has 0 amide bonds. The van der Waals surface area contributed by atoms with Crippen LogP contribution in [0.4, 0.5) is 0 Å². The minimum absolute atomic E-state index is 0.725. The average molecular weight is 128 g/mol. The summed E-state index contributed by atoms with van der Waals surface area (Å²) in [5, 5.41) is 8.78.